The summed E-state index contributed by atoms with van der Waals surface area (Å²) in [5.74, 6) is 1.17. The molecule has 2 amide bonds. The minimum atomic E-state index is -0.581. The number of carbonyl (C=O) groups is 2. The van der Waals surface area contributed by atoms with Gasteiger partial charge in [-0.25, -0.2) is 0 Å². The fourth-order valence-corrected chi connectivity index (χ4v) is 3.30. The van der Waals surface area contributed by atoms with Gasteiger partial charge in [0.1, 0.15) is 23.3 Å². The van der Waals surface area contributed by atoms with E-state index in [-0.39, 0.29) is 18.4 Å². The van der Waals surface area contributed by atoms with Gasteiger partial charge in [0.05, 0.1) is 14.2 Å². The van der Waals surface area contributed by atoms with Crippen LogP contribution >= 0.6 is 0 Å². The van der Waals surface area contributed by atoms with Crippen molar-refractivity contribution in [2.75, 3.05) is 27.4 Å². The van der Waals surface area contributed by atoms with Gasteiger partial charge >= 0.3 is 0 Å². The Morgan fingerprint density at radius 2 is 1.59 bits per heavy atom. The number of methoxy groups -OCH3 is 2. The van der Waals surface area contributed by atoms with Crippen molar-refractivity contribution in [3.63, 3.8) is 0 Å². The molecule has 0 heterocycles. The summed E-state index contributed by atoms with van der Waals surface area (Å²) in [4.78, 5) is 27.7. The SMILES string of the molecule is CCCCNC(=O)[C@H](CC)N(Cc1ccccc1)C(=O)COc1cc(OC)cc(OC)c1. The Morgan fingerprint density at radius 1 is 0.969 bits per heavy atom. The summed E-state index contributed by atoms with van der Waals surface area (Å²) in [6, 6.07) is 14.2. The van der Waals surface area contributed by atoms with E-state index >= 15 is 0 Å². The minimum Gasteiger partial charge on any atom is -0.496 e. The summed E-state index contributed by atoms with van der Waals surface area (Å²) in [5.41, 5.74) is 0.948. The monoisotopic (exact) mass is 442 g/mol. The van der Waals surface area contributed by atoms with Gasteiger partial charge in [-0.3, -0.25) is 9.59 Å². The van der Waals surface area contributed by atoms with E-state index in [0.29, 0.717) is 36.8 Å². The summed E-state index contributed by atoms with van der Waals surface area (Å²) in [5, 5.41) is 2.95. The topological polar surface area (TPSA) is 77.1 Å². The van der Waals surface area contributed by atoms with Crippen LogP contribution in [0.25, 0.3) is 0 Å². The van der Waals surface area contributed by atoms with Crippen LogP contribution in [0, 0.1) is 0 Å². The Hall–Kier alpha value is -3.22. The largest absolute Gasteiger partial charge is 0.496 e. The normalized spacial score (nSPS) is 11.4. The van der Waals surface area contributed by atoms with Gasteiger partial charge in [-0.15, -0.1) is 0 Å². The Labute approximate surface area is 190 Å². The molecule has 7 heteroatoms. The molecule has 0 radical (unpaired) electrons. The molecule has 7 nitrogen and oxygen atoms in total. The fourth-order valence-electron chi connectivity index (χ4n) is 3.30. The average molecular weight is 443 g/mol. The molecule has 0 bridgehead atoms. The number of nitrogens with zero attached hydrogens (tertiary/aromatic N) is 1. The van der Waals surface area contributed by atoms with Crippen molar-refractivity contribution in [3.8, 4) is 17.2 Å². The van der Waals surface area contributed by atoms with Crippen molar-refractivity contribution in [1.29, 1.82) is 0 Å². The highest BCUT2D eigenvalue weighted by atomic mass is 16.5. The predicted octanol–water partition coefficient (Wildman–Crippen LogP) is 3.81. The smallest absolute Gasteiger partial charge is 0.261 e. The summed E-state index contributed by atoms with van der Waals surface area (Å²) in [6.45, 7) is 4.69. The van der Waals surface area contributed by atoms with Gasteiger partial charge in [-0.2, -0.15) is 0 Å². The highest BCUT2D eigenvalue weighted by Crippen LogP contribution is 2.27. The number of unbranched alkanes of at least 4 members (excludes halogenated alkanes) is 1. The maximum absolute atomic E-state index is 13.2. The van der Waals surface area contributed by atoms with Gasteiger partial charge in [0.15, 0.2) is 6.61 Å². The number of amides is 2. The molecule has 0 spiro atoms. The highest BCUT2D eigenvalue weighted by Gasteiger charge is 2.28. The predicted molar refractivity (Wildman–Crippen MR) is 124 cm³/mol. The van der Waals surface area contributed by atoms with Crippen LogP contribution in [0.4, 0.5) is 0 Å². The second-order valence-electron chi connectivity index (χ2n) is 7.41. The Bertz CT molecular complexity index is 834. The van der Waals surface area contributed by atoms with E-state index in [0.717, 1.165) is 18.4 Å². The van der Waals surface area contributed by atoms with E-state index in [1.165, 1.54) is 0 Å². The van der Waals surface area contributed by atoms with Crippen LogP contribution in [0.5, 0.6) is 17.2 Å². The molecule has 0 aliphatic heterocycles. The zero-order valence-electron chi connectivity index (χ0n) is 19.4. The Kier molecular flexibility index (Phi) is 10.4. The van der Waals surface area contributed by atoms with Crippen molar-refractivity contribution in [3.05, 3.63) is 54.1 Å². The van der Waals surface area contributed by atoms with Gasteiger partial charge in [0, 0.05) is 31.3 Å². The van der Waals surface area contributed by atoms with Crippen LogP contribution in [-0.2, 0) is 16.1 Å². The lowest BCUT2D eigenvalue weighted by atomic mass is 10.1. The molecule has 2 aromatic rings. The first-order valence-corrected chi connectivity index (χ1v) is 11.0. The summed E-state index contributed by atoms with van der Waals surface area (Å²) in [6.07, 6.45) is 2.39. The molecule has 0 aromatic heterocycles. The van der Waals surface area contributed by atoms with Crippen LogP contribution < -0.4 is 19.5 Å². The number of rotatable bonds is 13. The molecule has 0 aliphatic rings. The first-order valence-electron chi connectivity index (χ1n) is 11.0. The van der Waals surface area contributed by atoms with Crippen LogP contribution in [0.2, 0.25) is 0 Å². The fraction of sp³-hybridized carbons (Fsp3) is 0.440. The molecule has 1 atom stereocenters. The van der Waals surface area contributed by atoms with Gasteiger partial charge in [-0.05, 0) is 18.4 Å². The summed E-state index contributed by atoms with van der Waals surface area (Å²) < 4.78 is 16.3. The molecule has 0 fully saturated rings. The molecule has 2 aromatic carbocycles. The van der Waals surface area contributed by atoms with Crippen molar-refractivity contribution in [2.45, 2.75) is 45.7 Å². The number of benzene rings is 2. The molecule has 2 rings (SSSR count). The maximum Gasteiger partial charge on any atom is 0.261 e. The van der Waals surface area contributed by atoms with E-state index in [4.69, 9.17) is 14.2 Å². The van der Waals surface area contributed by atoms with Gasteiger partial charge in [0.25, 0.3) is 5.91 Å². The van der Waals surface area contributed by atoms with E-state index in [9.17, 15) is 9.59 Å². The van der Waals surface area contributed by atoms with Crippen molar-refractivity contribution >= 4 is 11.8 Å². The van der Waals surface area contributed by atoms with Crippen molar-refractivity contribution < 1.29 is 23.8 Å². The first kappa shape index (κ1) is 25.0. The Morgan fingerprint density at radius 3 is 2.16 bits per heavy atom. The van der Waals surface area contributed by atoms with Crippen LogP contribution in [-0.4, -0.2) is 50.1 Å². The second kappa shape index (κ2) is 13.2. The number of nitrogens with one attached hydrogen (secondary N) is 1. The zero-order valence-corrected chi connectivity index (χ0v) is 19.4. The van der Waals surface area contributed by atoms with E-state index in [2.05, 4.69) is 12.2 Å². The quantitative estimate of drug-likeness (QED) is 0.478. The third kappa shape index (κ3) is 7.48. The standard InChI is InChI=1S/C25H34N2O5/c1-5-7-13-26-25(29)23(6-2)27(17-19-11-9-8-10-12-19)24(28)18-32-22-15-20(30-3)14-21(16-22)31-4/h8-12,14-16,23H,5-7,13,17-18H2,1-4H3,(H,26,29)/t23-/m0/s1. The van der Waals surface area contributed by atoms with E-state index in [1.54, 1.807) is 37.3 Å². The van der Waals surface area contributed by atoms with Gasteiger partial charge in [0.2, 0.25) is 5.91 Å². The molecule has 0 saturated carbocycles. The highest BCUT2D eigenvalue weighted by molar-refractivity contribution is 5.88. The third-order valence-corrected chi connectivity index (χ3v) is 5.10. The number of hydrogen-bond donors (Lipinski definition) is 1. The summed E-state index contributed by atoms with van der Waals surface area (Å²) >= 11 is 0. The summed E-state index contributed by atoms with van der Waals surface area (Å²) in [7, 11) is 3.10. The lowest BCUT2D eigenvalue weighted by Crippen LogP contribution is -2.50. The van der Waals surface area contributed by atoms with Crippen molar-refractivity contribution in [1.82, 2.24) is 10.2 Å². The molecular formula is C25H34N2O5. The molecule has 174 valence electrons. The zero-order chi connectivity index (χ0) is 23.3. The molecule has 0 saturated heterocycles. The van der Waals surface area contributed by atoms with Crippen LogP contribution in [0.1, 0.15) is 38.7 Å². The van der Waals surface area contributed by atoms with E-state index < -0.39 is 6.04 Å². The average Bonchev–Trinajstić information content (AvgIpc) is 2.82. The van der Waals surface area contributed by atoms with Crippen LogP contribution in [0.15, 0.2) is 48.5 Å². The third-order valence-electron chi connectivity index (χ3n) is 5.10. The Balaban J connectivity index is 2.18. The number of ether oxygens (including phenoxy) is 3. The molecule has 0 aliphatic carbocycles. The van der Waals surface area contributed by atoms with E-state index in [1.807, 2.05) is 37.3 Å². The lowest BCUT2D eigenvalue weighted by molar-refractivity contribution is -0.143. The first-order chi connectivity index (χ1) is 15.5. The molecule has 32 heavy (non-hydrogen) atoms. The number of hydrogen-bond acceptors (Lipinski definition) is 5. The second-order valence-corrected chi connectivity index (χ2v) is 7.41. The lowest BCUT2D eigenvalue weighted by Gasteiger charge is -2.30. The molecule has 0 unspecified atom stereocenters. The van der Waals surface area contributed by atoms with Crippen LogP contribution in [0.3, 0.4) is 0 Å². The minimum absolute atomic E-state index is 0.145. The van der Waals surface area contributed by atoms with Gasteiger partial charge in [-0.1, -0.05) is 50.6 Å². The molecule has 1 N–H and O–H groups in total. The molecular weight excluding hydrogens is 408 g/mol. The number of carbonyl (C=O) groups excluding carboxylic acids is 2. The van der Waals surface area contributed by atoms with Crippen molar-refractivity contribution in [2.24, 2.45) is 0 Å². The van der Waals surface area contributed by atoms with Gasteiger partial charge < -0.3 is 24.4 Å². The maximum atomic E-state index is 13.2.